The van der Waals surface area contributed by atoms with Crippen LogP contribution < -0.4 is 10.6 Å². The second kappa shape index (κ2) is 8.82. The van der Waals surface area contributed by atoms with Crippen LogP contribution in [0.1, 0.15) is 67.2 Å². The predicted octanol–water partition coefficient (Wildman–Crippen LogP) is 2.98. The molecule has 0 radical (unpaired) electrons. The maximum absolute atomic E-state index is 11.9. The summed E-state index contributed by atoms with van der Waals surface area (Å²) in [5.41, 5.74) is -0.562. The van der Waals surface area contributed by atoms with E-state index in [1.807, 2.05) is 6.92 Å². The molecule has 118 valence electrons. The highest BCUT2D eigenvalue weighted by atomic mass is 16.6. The Balaban J connectivity index is 4.05. The normalized spacial score (nSPS) is 14.3. The highest BCUT2D eigenvalue weighted by Crippen LogP contribution is 2.07. The summed E-state index contributed by atoms with van der Waals surface area (Å²) in [5, 5.41) is 5.43. The third-order valence-electron chi connectivity index (χ3n) is 2.76. The summed E-state index contributed by atoms with van der Waals surface area (Å²) in [6.45, 7) is 11.1. The molecule has 2 unspecified atom stereocenters. The Kier molecular flexibility index (Phi) is 8.26. The van der Waals surface area contributed by atoms with Crippen molar-refractivity contribution in [3.63, 3.8) is 0 Å². The molecule has 0 aliphatic heterocycles. The zero-order valence-corrected chi connectivity index (χ0v) is 13.7. The number of hydrogen-bond donors (Lipinski definition) is 2. The second-order valence-electron chi connectivity index (χ2n) is 6.27. The quantitative estimate of drug-likeness (QED) is 0.707. The van der Waals surface area contributed by atoms with E-state index < -0.39 is 17.7 Å². The first-order valence-corrected chi connectivity index (χ1v) is 7.45. The van der Waals surface area contributed by atoms with Crippen molar-refractivity contribution in [1.82, 2.24) is 10.6 Å². The van der Waals surface area contributed by atoms with Crippen LogP contribution in [0.15, 0.2) is 0 Å². The Labute approximate surface area is 122 Å². The molecule has 2 N–H and O–H groups in total. The number of carbonyl (C=O) groups is 2. The van der Waals surface area contributed by atoms with Gasteiger partial charge in [-0.25, -0.2) is 4.79 Å². The summed E-state index contributed by atoms with van der Waals surface area (Å²) in [6.07, 6.45) is 3.83. The summed E-state index contributed by atoms with van der Waals surface area (Å²) < 4.78 is 5.11. The van der Waals surface area contributed by atoms with Gasteiger partial charge in [0.05, 0.1) is 0 Å². The lowest BCUT2D eigenvalue weighted by atomic mass is 10.1. The van der Waals surface area contributed by atoms with E-state index in [2.05, 4.69) is 17.6 Å². The minimum absolute atomic E-state index is 0.122. The Morgan fingerprint density at radius 3 is 2.20 bits per heavy atom. The van der Waals surface area contributed by atoms with Crippen molar-refractivity contribution in [3.05, 3.63) is 0 Å². The molecule has 20 heavy (non-hydrogen) atoms. The third-order valence-corrected chi connectivity index (χ3v) is 2.76. The van der Waals surface area contributed by atoms with Gasteiger partial charge >= 0.3 is 6.09 Å². The molecule has 0 fully saturated rings. The maximum atomic E-state index is 11.9. The lowest BCUT2D eigenvalue weighted by Crippen LogP contribution is -2.48. The summed E-state index contributed by atoms with van der Waals surface area (Å²) >= 11 is 0. The average Bonchev–Trinajstić information content (AvgIpc) is 2.26. The van der Waals surface area contributed by atoms with Gasteiger partial charge in [0, 0.05) is 6.04 Å². The van der Waals surface area contributed by atoms with Crippen LogP contribution >= 0.6 is 0 Å². The standard InChI is InChI=1S/C15H30N2O3/c1-7-8-9-10-11(2)16-13(18)12(3)17-14(19)20-15(4,5)6/h11-12H,7-10H2,1-6H3,(H,16,18)(H,17,19). The van der Waals surface area contributed by atoms with Crippen LogP contribution in [0.3, 0.4) is 0 Å². The van der Waals surface area contributed by atoms with E-state index >= 15 is 0 Å². The van der Waals surface area contributed by atoms with Gasteiger partial charge in [-0.2, -0.15) is 0 Å². The molecule has 5 heteroatoms. The molecular weight excluding hydrogens is 256 g/mol. The third kappa shape index (κ3) is 9.64. The maximum Gasteiger partial charge on any atom is 0.408 e. The highest BCUT2D eigenvalue weighted by molar-refractivity contribution is 5.85. The second-order valence-corrected chi connectivity index (χ2v) is 6.27. The molecule has 0 aliphatic rings. The molecule has 0 aliphatic carbocycles. The molecule has 5 nitrogen and oxygen atoms in total. The van der Waals surface area contributed by atoms with Gasteiger partial charge < -0.3 is 15.4 Å². The molecule has 0 aromatic carbocycles. The van der Waals surface area contributed by atoms with Crippen LogP contribution in [0.2, 0.25) is 0 Å². The summed E-state index contributed by atoms with van der Waals surface area (Å²) in [7, 11) is 0. The number of hydrogen-bond acceptors (Lipinski definition) is 3. The predicted molar refractivity (Wildman–Crippen MR) is 80.6 cm³/mol. The van der Waals surface area contributed by atoms with Crippen LogP contribution in [-0.2, 0) is 9.53 Å². The van der Waals surface area contributed by atoms with Gasteiger partial charge in [0.15, 0.2) is 0 Å². The number of nitrogens with one attached hydrogen (secondary N) is 2. The fourth-order valence-electron chi connectivity index (χ4n) is 1.69. The van der Waals surface area contributed by atoms with Crippen molar-refractivity contribution in [2.75, 3.05) is 0 Å². The van der Waals surface area contributed by atoms with Gasteiger partial charge in [0.1, 0.15) is 11.6 Å². The van der Waals surface area contributed by atoms with Crippen LogP contribution in [-0.4, -0.2) is 29.7 Å². The van der Waals surface area contributed by atoms with Crippen molar-refractivity contribution in [2.45, 2.75) is 84.9 Å². The fourth-order valence-corrected chi connectivity index (χ4v) is 1.69. The van der Waals surface area contributed by atoms with E-state index in [9.17, 15) is 9.59 Å². The number of carbonyl (C=O) groups excluding carboxylic acids is 2. The molecule has 0 aromatic heterocycles. The number of unbranched alkanes of at least 4 members (excludes halogenated alkanes) is 2. The number of alkyl carbamates (subject to hydrolysis) is 1. The van der Waals surface area contributed by atoms with E-state index in [0.717, 1.165) is 19.3 Å². The first-order valence-electron chi connectivity index (χ1n) is 7.45. The van der Waals surface area contributed by atoms with Crippen molar-refractivity contribution in [2.24, 2.45) is 0 Å². The Bertz CT molecular complexity index is 311. The monoisotopic (exact) mass is 286 g/mol. The molecule has 0 saturated heterocycles. The topological polar surface area (TPSA) is 67.4 Å². The Morgan fingerprint density at radius 1 is 1.10 bits per heavy atom. The van der Waals surface area contributed by atoms with Crippen LogP contribution in [0.25, 0.3) is 0 Å². The molecule has 2 amide bonds. The lowest BCUT2D eigenvalue weighted by Gasteiger charge is -2.22. The van der Waals surface area contributed by atoms with E-state index in [4.69, 9.17) is 4.74 Å². The first-order chi connectivity index (χ1) is 9.15. The number of amides is 2. The minimum atomic E-state index is -0.599. The molecule has 0 rings (SSSR count). The van der Waals surface area contributed by atoms with E-state index in [1.54, 1.807) is 27.7 Å². The number of rotatable bonds is 7. The van der Waals surface area contributed by atoms with Gasteiger partial charge in [-0.1, -0.05) is 26.2 Å². The van der Waals surface area contributed by atoms with Crippen LogP contribution in [0.4, 0.5) is 4.79 Å². The molecule has 0 spiro atoms. The van der Waals surface area contributed by atoms with Crippen LogP contribution in [0, 0.1) is 0 Å². The summed E-state index contributed by atoms with van der Waals surface area (Å²) in [6, 6.07) is -0.476. The SMILES string of the molecule is CCCCCC(C)NC(=O)C(C)NC(=O)OC(C)(C)C. The van der Waals surface area contributed by atoms with Gasteiger partial charge in [-0.15, -0.1) is 0 Å². The van der Waals surface area contributed by atoms with Gasteiger partial charge in [0.25, 0.3) is 0 Å². The molecular formula is C15H30N2O3. The molecule has 0 heterocycles. The van der Waals surface area contributed by atoms with Crippen molar-refractivity contribution in [3.8, 4) is 0 Å². The van der Waals surface area contributed by atoms with Gasteiger partial charge in [0.2, 0.25) is 5.91 Å². The van der Waals surface area contributed by atoms with Crippen LogP contribution in [0.5, 0.6) is 0 Å². The Morgan fingerprint density at radius 2 is 1.70 bits per heavy atom. The molecule has 0 bridgehead atoms. The zero-order chi connectivity index (χ0) is 15.8. The van der Waals surface area contributed by atoms with E-state index in [-0.39, 0.29) is 11.9 Å². The van der Waals surface area contributed by atoms with E-state index in [1.165, 1.54) is 6.42 Å². The minimum Gasteiger partial charge on any atom is -0.444 e. The lowest BCUT2D eigenvalue weighted by molar-refractivity contribution is -0.123. The number of ether oxygens (including phenoxy) is 1. The first kappa shape index (κ1) is 18.7. The Hall–Kier alpha value is -1.26. The van der Waals surface area contributed by atoms with Gasteiger partial charge in [-0.05, 0) is 41.0 Å². The average molecular weight is 286 g/mol. The largest absolute Gasteiger partial charge is 0.444 e. The summed E-state index contributed by atoms with van der Waals surface area (Å²) in [4.78, 5) is 23.5. The smallest absolute Gasteiger partial charge is 0.408 e. The van der Waals surface area contributed by atoms with Crippen molar-refractivity contribution < 1.29 is 14.3 Å². The van der Waals surface area contributed by atoms with Crippen molar-refractivity contribution in [1.29, 1.82) is 0 Å². The molecule has 2 atom stereocenters. The zero-order valence-electron chi connectivity index (χ0n) is 13.7. The van der Waals surface area contributed by atoms with Crippen molar-refractivity contribution >= 4 is 12.0 Å². The van der Waals surface area contributed by atoms with E-state index in [0.29, 0.717) is 0 Å². The molecule has 0 saturated carbocycles. The summed E-state index contributed by atoms with van der Waals surface area (Å²) in [5.74, 6) is -0.181. The fraction of sp³-hybridized carbons (Fsp3) is 0.867. The molecule has 0 aromatic rings. The highest BCUT2D eigenvalue weighted by Gasteiger charge is 2.21. The van der Waals surface area contributed by atoms with Gasteiger partial charge in [-0.3, -0.25) is 4.79 Å².